The van der Waals surface area contributed by atoms with Crippen LogP contribution in [0.15, 0.2) is 39.4 Å². The second-order valence-electron chi connectivity index (χ2n) is 3.23. The van der Waals surface area contributed by atoms with Gasteiger partial charge >= 0.3 is 0 Å². The smallest absolute Gasteiger partial charge is 0.149 e. The van der Waals surface area contributed by atoms with E-state index in [1.54, 1.807) is 18.3 Å². The van der Waals surface area contributed by atoms with Crippen LogP contribution in [-0.2, 0) is 0 Å². The van der Waals surface area contributed by atoms with E-state index in [4.69, 9.17) is 11.6 Å². The van der Waals surface area contributed by atoms with Crippen LogP contribution in [0.25, 0.3) is 0 Å². The third-order valence-electron chi connectivity index (χ3n) is 1.99. The van der Waals surface area contributed by atoms with Crippen molar-refractivity contribution in [2.24, 2.45) is 0 Å². The average molecular weight is 380 g/mol. The summed E-state index contributed by atoms with van der Waals surface area (Å²) in [5.41, 5.74) is 0.571. The molecule has 17 heavy (non-hydrogen) atoms. The summed E-state index contributed by atoms with van der Waals surface area (Å²) < 4.78 is 14.6. The van der Waals surface area contributed by atoms with Crippen molar-refractivity contribution in [1.29, 1.82) is 0 Å². The van der Waals surface area contributed by atoms with Crippen molar-refractivity contribution in [3.63, 3.8) is 0 Å². The summed E-state index contributed by atoms with van der Waals surface area (Å²) >= 11 is 12.6. The molecule has 1 aromatic heterocycles. The maximum atomic E-state index is 13.1. The standard InChI is InChI=1S/C11H6Br2ClFN2/c12-6-3-9(14)11(16-5-6)17-10-4-7(15)1-2-8(10)13/h1-5H,(H,16,17). The fraction of sp³-hybridized carbons (Fsp3) is 0. The van der Waals surface area contributed by atoms with Gasteiger partial charge in [-0.2, -0.15) is 0 Å². The molecule has 0 bridgehead atoms. The number of rotatable bonds is 2. The molecule has 0 aliphatic heterocycles. The summed E-state index contributed by atoms with van der Waals surface area (Å²) in [4.78, 5) is 4.11. The minimum absolute atomic E-state index is 0.330. The number of pyridine rings is 1. The van der Waals surface area contributed by atoms with Crippen LogP contribution in [-0.4, -0.2) is 4.98 Å². The third-order valence-corrected chi connectivity index (χ3v) is 3.40. The van der Waals surface area contributed by atoms with Crippen LogP contribution < -0.4 is 5.32 Å². The van der Waals surface area contributed by atoms with Gasteiger partial charge in [0.25, 0.3) is 0 Å². The zero-order valence-electron chi connectivity index (χ0n) is 8.35. The first-order valence-corrected chi connectivity index (χ1v) is 6.56. The number of anilines is 2. The summed E-state index contributed by atoms with van der Waals surface area (Å²) in [6, 6.07) is 6.06. The monoisotopic (exact) mass is 378 g/mol. The molecule has 1 aromatic carbocycles. The lowest BCUT2D eigenvalue weighted by Gasteiger charge is -2.09. The highest BCUT2D eigenvalue weighted by molar-refractivity contribution is 9.10. The Kier molecular flexibility index (Phi) is 4.01. The van der Waals surface area contributed by atoms with Crippen molar-refractivity contribution in [2.75, 3.05) is 5.32 Å². The topological polar surface area (TPSA) is 24.9 Å². The lowest BCUT2D eigenvalue weighted by molar-refractivity contribution is 0.628. The van der Waals surface area contributed by atoms with Gasteiger partial charge in [-0.25, -0.2) is 9.37 Å². The summed E-state index contributed by atoms with van der Waals surface area (Å²) in [6.07, 6.45) is 1.61. The molecule has 0 aliphatic carbocycles. The van der Waals surface area contributed by atoms with Crippen molar-refractivity contribution >= 4 is 55.0 Å². The van der Waals surface area contributed by atoms with Crippen molar-refractivity contribution in [3.8, 4) is 0 Å². The quantitative estimate of drug-likeness (QED) is 0.780. The summed E-state index contributed by atoms with van der Waals surface area (Å²) in [5.74, 6) is 0.144. The van der Waals surface area contributed by atoms with Crippen LogP contribution in [0.4, 0.5) is 15.9 Å². The predicted octanol–water partition coefficient (Wildman–Crippen LogP) is 5.14. The molecule has 0 spiro atoms. The zero-order valence-corrected chi connectivity index (χ0v) is 12.3. The highest BCUT2D eigenvalue weighted by Gasteiger charge is 2.06. The van der Waals surface area contributed by atoms with E-state index in [9.17, 15) is 4.39 Å². The number of benzene rings is 1. The van der Waals surface area contributed by atoms with E-state index in [1.165, 1.54) is 12.1 Å². The number of hydrogen-bond donors (Lipinski definition) is 1. The third kappa shape index (κ3) is 3.18. The Morgan fingerprint density at radius 1 is 1.24 bits per heavy atom. The second kappa shape index (κ2) is 5.33. The fourth-order valence-corrected chi connectivity index (χ4v) is 2.25. The largest absolute Gasteiger partial charge is 0.338 e. The Hall–Kier alpha value is -0.650. The maximum Gasteiger partial charge on any atom is 0.149 e. The number of nitrogens with one attached hydrogen (secondary N) is 1. The minimum atomic E-state index is -0.330. The summed E-state index contributed by atoms with van der Waals surface area (Å²) in [7, 11) is 0. The normalized spacial score (nSPS) is 10.4. The summed E-state index contributed by atoms with van der Waals surface area (Å²) in [6.45, 7) is 0. The molecule has 6 heteroatoms. The first kappa shape index (κ1) is 12.8. The molecule has 0 saturated heterocycles. The number of aromatic nitrogens is 1. The van der Waals surface area contributed by atoms with Gasteiger partial charge < -0.3 is 5.32 Å². The van der Waals surface area contributed by atoms with E-state index in [-0.39, 0.29) is 5.82 Å². The maximum absolute atomic E-state index is 13.1. The van der Waals surface area contributed by atoms with E-state index in [1.807, 2.05) is 0 Å². The van der Waals surface area contributed by atoms with Gasteiger partial charge in [-0.3, -0.25) is 0 Å². The molecule has 1 heterocycles. The minimum Gasteiger partial charge on any atom is -0.338 e. The Balaban J connectivity index is 2.34. The lowest BCUT2D eigenvalue weighted by atomic mass is 10.3. The molecule has 2 aromatic rings. The van der Waals surface area contributed by atoms with Gasteiger partial charge in [-0.15, -0.1) is 0 Å². The van der Waals surface area contributed by atoms with Gasteiger partial charge in [0, 0.05) is 15.1 Å². The van der Waals surface area contributed by atoms with Gasteiger partial charge in [0.05, 0.1) is 10.7 Å². The van der Waals surface area contributed by atoms with Crippen LogP contribution >= 0.6 is 43.5 Å². The Morgan fingerprint density at radius 2 is 2.00 bits per heavy atom. The van der Waals surface area contributed by atoms with Crippen LogP contribution in [0, 0.1) is 5.82 Å². The highest BCUT2D eigenvalue weighted by atomic mass is 79.9. The van der Waals surface area contributed by atoms with E-state index >= 15 is 0 Å². The number of hydrogen-bond acceptors (Lipinski definition) is 2. The van der Waals surface area contributed by atoms with Gasteiger partial charge in [0.2, 0.25) is 0 Å². The van der Waals surface area contributed by atoms with Gasteiger partial charge in [0.15, 0.2) is 0 Å². The fourth-order valence-electron chi connectivity index (χ4n) is 1.23. The van der Waals surface area contributed by atoms with Gasteiger partial charge in [-0.05, 0) is 56.1 Å². The lowest BCUT2D eigenvalue weighted by Crippen LogP contribution is -1.96. The van der Waals surface area contributed by atoms with Crippen LogP contribution in [0.2, 0.25) is 5.02 Å². The Bertz CT molecular complexity index is 563. The first-order valence-electron chi connectivity index (χ1n) is 4.59. The Labute approximate surface area is 119 Å². The van der Waals surface area contributed by atoms with Crippen molar-refractivity contribution in [2.45, 2.75) is 0 Å². The number of nitrogens with zero attached hydrogens (tertiary/aromatic N) is 1. The molecule has 0 unspecified atom stereocenters. The Morgan fingerprint density at radius 3 is 2.71 bits per heavy atom. The molecular weight excluding hydrogens is 374 g/mol. The van der Waals surface area contributed by atoms with Crippen molar-refractivity contribution in [3.05, 3.63) is 50.2 Å². The molecule has 0 amide bonds. The zero-order chi connectivity index (χ0) is 12.4. The van der Waals surface area contributed by atoms with Crippen LogP contribution in [0.1, 0.15) is 0 Å². The second-order valence-corrected chi connectivity index (χ2v) is 5.41. The van der Waals surface area contributed by atoms with E-state index in [0.29, 0.717) is 16.5 Å². The molecule has 2 rings (SSSR count). The van der Waals surface area contributed by atoms with E-state index in [0.717, 1.165) is 8.95 Å². The number of halogens is 4. The molecule has 0 radical (unpaired) electrons. The van der Waals surface area contributed by atoms with E-state index in [2.05, 4.69) is 42.2 Å². The molecule has 0 saturated carbocycles. The summed E-state index contributed by atoms with van der Waals surface area (Å²) in [5, 5.41) is 3.41. The van der Waals surface area contributed by atoms with Gasteiger partial charge in [0.1, 0.15) is 11.6 Å². The van der Waals surface area contributed by atoms with E-state index < -0.39 is 0 Å². The molecule has 0 aliphatic rings. The average Bonchev–Trinajstić information content (AvgIpc) is 2.27. The van der Waals surface area contributed by atoms with Crippen molar-refractivity contribution in [1.82, 2.24) is 4.98 Å². The molecule has 88 valence electrons. The molecular formula is C11H6Br2ClFN2. The van der Waals surface area contributed by atoms with Crippen LogP contribution in [0.3, 0.4) is 0 Å². The first-order chi connectivity index (χ1) is 8.06. The molecule has 2 nitrogen and oxygen atoms in total. The van der Waals surface area contributed by atoms with Gasteiger partial charge in [-0.1, -0.05) is 11.6 Å². The molecule has 1 N–H and O–H groups in total. The predicted molar refractivity (Wildman–Crippen MR) is 74.3 cm³/mol. The SMILES string of the molecule is Fc1ccc(Br)c(Nc2ncc(Br)cc2Cl)c1. The highest BCUT2D eigenvalue weighted by Crippen LogP contribution is 2.30. The van der Waals surface area contributed by atoms with Crippen LogP contribution in [0.5, 0.6) is 0 Å². The molecule has 0 atom stereocenters. The van der Waals surface area contributed by atoms with Crippen molar-refractivity contribution < 1.29 is 4.39 Å². The molecule has 0 fully saturated rings.